The molecule has 0 rings (SSSR count). The van der Waals surface area contributed by atoms with Gasteiger partial charge >= 0.3 is 5.08 Å². The number of hydrogen-bond donors (Lipinski definition) is 1. The number of nitrogens with one attached hydrogen (secondary N) is 1. The average Bonchev–Trinajstić information content (AvgIpc) is 2.04. The lowest BCUT2D eigenvalue weighted by Crippen LogP contribution is -2.03. The Morgan fingerprint density at radius 3 is 2.82 bits per heavy atom. The standard InChI is InChI=1S/C8H16N3/c1-3-8(2)6-4-5-7-10-11-9/h10H,2-7H2,1H3/q+1. The molecule has 0 spiro atoms. The number of allylic oxidation sites excluding steroid dienone is 1. The Kier molecular flexibility index (Phi) is 6.40. The first kappa shape index (κ1) is 9.96. The molecule has 0 saturated heterocycles. The van der Waals surface area contributed by atoms with Gasteiger partial charge in [-0.25, -0.2) is 0 Å². The van der Waals surface area contributed by atoms with Gasteiger partial charge in [0.05, 0.1) is 6.54 Å². The second-order valence-corrected chi connectivity index (χ2v) is 2.57. The minimum Gasteiger partial charge on any atom is -0.0999 e. The van der Waals surface area contributed by atoms with Gasteiger partial charge in [0.2, 0.25) is 0 Å². The number of diazo groups is 1. The van der Waals surface area contributed by atoms with E-state index in [9.17, 15) is 0 Å². The predicted octanol–water partition coefficient (Wildman–Crippen LogP) is 2.48. The van der Waals surface area contributed by atoms with Gasteiger partial charge in [-0.05, 0) is 31.1 Å². The molecular formula is C8H16N3+. The summed E-state index contributed by atoms with van der Waals surface area (Å²) in [6.07, 6.45) is 4.31. The minimum atomic E-state index is 0.744. The lowest BCUT2D eigenvalue weighted by molar-refractivity contribution is 0.678. The van der Waals surface area contributed by atoms with E-state index in [4.69, 9.17) is 5.39 Å². The maximum Gasteiger partial charge on any atom is 0.302 e. The first-order valence-corrected chi connectivity index (χ1v) is 4.04. The molecule has 0 bridgehead atoms. The lowest BCUT2D eigenvalue weighted by atomic mass is 10.1. The Balaban J connectivity index is 3.03. The number of unbranched alkanes of at least 4 members (excludes halogenated alkanes) is 1. The third-order valence-electron chi connectivity index (χ3n) is 1.64. The van der Waals surface area contributed by atoms with Crippen LogP contribution in [0.2, 0.25) is 0 Å². The van der Waals surface area contributed by atoms with E-state index in [1.807, 2.05) is 0 Å². The number of nitrogens with zero attached hydrogens (tertiary/aromatic N) is 2. The molecule has 3 nitrogen and oxygen atoms in total. The molecule has 0 aliphatic rings. The van der Waals surface area contributed by atoms with Crippen molar-refractivity contribution in [3.05, 3.63) is 17.2 Å². The fraction of sp³-hybridized carbons (Fsp3) is 0.750. The molecule has 62 valence electrons. The Hall–Kier alpha value is -1.04. The Morgan fingerprint density at radius 2 is 2.27 bits per heavy atom. The van der Waals surface area contributed by atoms with Crippen molar-refractivity contribution in [3.63, 3.8) is 0 Å². The van der Waals surface area contributed by atoms with Crippen molar-refractivity contribution in [2.45, 2.75) is 32.6 Å². The highest BCUT2D eigenvalue weighted by atomic mass is 15.3. The normalized spacial score (nSPS) is 8.73. The molecular weight excluding hydrogens is 138 g/mol. The highest BCUT2D eigenvalue weighted by Gasteiger charge is 1.93. The van der Waals surface area contributed by atoms with Gasteiger partial charge in [0, 0.05) is 0 Å². The van der Waals surface area contributed by atoms with Crippen LogP contribution >= 0.6 is 0 Å². The van der Waals surface area contributed by atoms with Crippen LogP contribution in [0, 0.1) is 5.39 Å². The SMILES string of the molecule is C=C(CC)CCCCN[N+]#N. The topological polar surface area (TPSA) is 40.2 Å². The highest BCUT2D eigenvalue weighted by Crippen LogP contribution is 2.07. The maximum absolute atomic E-state index is 8.02. The Labute approximate surface area is 68.1 Å². The monoisotopic (exact) mass is 154 g/mol. The summed E-state index contributed by atoms with van der Waals surface area (Å²) in [5.41, 5.74) is 3.79. The molecule has 0 unspecified atom stereocenters. The zero-order chi connectivity index (χ0) is 8.53. The van der Waals surface area contributed by atoms with Crippen molar-refractivity contribution in [2.24, 2.45) is 0 Å². The first-order chi connectivity index (χ1) is 5.31. The van der Waals surface area contributed by atoms with Gasteiger partial charge in [0.25, 0.3) is 5.39 Å². The maximum atomic E-state index is 8.02. The highest BCUT2D eigenvalue weighted by molar-refractivity contribution is 4.91. The molecule has 11 heavy (non-hydrogen) atoms. The van der Waals surface area contributed by atoms with Crippen LogP contribution in [0.4, 0.5) is 0 Å². The average molecular weight is 154 g/mol. The van der Waals surface area contributed by atoms with Crippen molar-refractivity contribution in [1.82, 2.24) is 5.43 Å². The zero-order valence-electron chi connectivity index (χ0n) is 7.14. The predicted molar refractivity (Wildman–Crippen MR) is 46.4 cm³/mol. The van der Waals surface area contributed by atoms with Gasteiger partial charge in [0.15, 0.2) is 0 Å². The fourth-order valence-electron chi connectivity index (χ4n) is 0.806. The molecule has 0 aromatic rings. The summed E-state index contributed by atoms with van der Waals surface area (Å²) in [6.45, 7) is 6.76. The first-order valence-electron chi connectivity index (χ1n) is 4.04. The van der Waals surface area contributed by atoms with Crippen molar-refractivity contribution in [3.8, 4) is 0 Å². The van der Waals surface area contributed by atoms with Gasteiger partial charge in [-0.2, -0.15) is 0 Å². The molecule has 0 fully saturated rings. The second-order valence-electron chi connectivity index (χ2n) is 2.57. The van der Waals surface area contributed by atoms with Gasteiger partial charge in [0.1, 0.15) is 0 Å². The van der Waals surface area contributed by atoms with E-state index in [-0.39, 0.29) is 0 Å². The molecule has 0 aromatic heterocycles. The van der Waals surface area contributed by atoms with Gasteiger partial charge in [-0.1, -0.05) is 19.1 Å². The van der Waals surface area contributed by atoms with Crippen molar-refractivity contribution in [2.75, 3.05) is 6.54 Å². The second kappa shape index (κ2) is 7.07. The van der Waals surface area contributed by atoms with Gasteiger partial charge in [-0.15, -0.1) is 0 Å². The summed E-state index contributed by atoms with van der Waals surface area (Å²) < 4.78 is 0. The van der Waals surface area contributed by atoms with E-state index in [1.54, 1.807) is 0 Å². The summed E-state index contributed by atoms with van der Waals surface area (Å²) in [5.74, 6) is 0. The Bertz CT molecular complexity index is 146. The van der Waals surface area contributed by atoms with E-state index in [2.05, 4.69) is 24.0 Å². The largest absolute Gasteiger partial charge is 0.302 e. The molecule has 3 heteroatoms. The third kappa shape index (κ3) is 6.85. The minimum absolute atomic E-state index is 0.744. The van der Waals surface area contributed by atoms with Gasteiger partial charge < -0.3 is 0 Å². The van der Waals surface area contributed by atoms with E-state index in [1.165, 1.54) is 5.57 Å². The van der Waals surface area contributed by atoms with Crippen LogP contribution in [0.5, 0.6) is 0 Å². The molecule has 0 atom stereocenters. The fourth-order valence-corrected chi connectivity index (χ4v) is 0.806. The third-order valence-corrected chi connectivity index (χ3v) is 1.64. The Morgan fingerprint density at radius 1 is 1.55 bits per heavy atom. The zero-order valence-corrected chi connectivity index (χ0v) is 7.14. The molecule has 0 radical (unpaired) electrons. The molecule has 0 saturated carbocycles. The summed E-state index contributed by atoms with van der Waals surface area (Å²) >= 11 is 0. The summed E-state index contributed by atoms with van der Waals surface area (Å²) in [4.78, 5) is 0. The van der Waals surface area contributed by atoms with Crippen LogP contribution in [0.15, 0.2) is 12.2 Å². The van der Waals surface area contributed by atoms with Gasteiger partial charge in [-0.3, -0.25) is 0 Å². The van der Waals surface area contributed by atoms with Crippen molar-refractivity contribution >= 4 is 0 Å². The van der Waals surface area contributed by atoms with E-state index in [0.717, 1.165) is 32.2 Å². The summed E-state index contributed by atoms with van der Waals surface area (Å²) in [7, 11) is 0. The smallest absolute Gasteiger partial charge is 0.0999 e. The lowest BCUT2D eigenvalue weighted by Gasteiger charge is -1.98. The molecule has 0 aromatic carbocycles. The quantitative estimate of drug-likeness (QED) is 0.276. The molecule has 0 aliphatic carbocycles. The molecule has 0 heterocycles. The summed E-state index contributed by atoms with van der Waals surface area (Å²) in [5, 5.41) is 10.8. The van der Waals surface area contributed by atoms with Crippen molar-refractivity contribution in [1.29, 1.82) is 5.39 Å². The van der Waals surface area contributed by atoms with E-state index in [0.29, 0.717) is 0 Å². The van der Waals surface area contributed by atoms with Crippen LogP contribution < -0.4 is 5.43 Å². The van der Waals surface area contributed by atoms with Crippen LogP contribution in [0.1, 0.15) is 32.6 Å². The molecule has 1 N–H and O–H groups in total. The molecule has 0 aliphatic heterocycles. The summed E-state index contributed by atoms with van der Waals surface area (Å²) in [6, 6.07) is 0. The van der Waals surface area contributed by atoms with Crippen LogP contribution in [0.3, 0.4) is 0 Å². The van der Waals surface area contributed by atoms with E-state index < -0.39 is 0 Å². The van der Waals surface area contributed by atoms with E-state index >= 15 is 0 Å². The van der Waals surface area contributed by atoms with Crippen LogP contribution in [-0.2, 0) is 0 Å². The molecule has 0 amide bonds. The number of hydrogen-bond acceptors (Lipinski definition) is 2. The van der Waals surface area contributed by atoms with Crippen LogP contribution in [0.25, 0.3) is 5.08 Å². The van der Waals surface area contributed by atoms with Crippen molar-refractivity contribution < 1.29 is 0 Å². The van der Waals surface area contributed by atoms with Crippen LogP contribution in [-0.4, -0.2) is 6.54 Å². The number of rotatable bonds is 6.